The highest BCUT2D eigenvalue weighted by atomic mass is 19.4. The molecular weight excluding hydrogens is 248 g/mol. The molecule has 0 bridgehead atoms. The second kappa shape index (κ2) is 4.85. The maximum absolute atomic E-state index is 13.9. The van der Waals surface area contributed by atoms with Crippen molar-refractivity contribution in [3.05, 3.63) is 35.1 Å². The van der Waals surface area contributed by atoms with E-state index in [0.717, 1.165) is 18.9 Å². The number of alkyl halides is 3. The second-order valence-corrected chi connectivity index (χ2v) is 4.60. The van der Waals surface area contributed by atoms with E-state index in [1.165, 1.54) is 12.1 Å². The van der Waals surface area contributed by atoms with Crippen molar-refractivity contribution in [2.75, 3.05) is 0 Å². The SMILES string of the molecule is NNC(CC1CC1)c1cccc(C(F)(F)F)c1F. The molecule has 2 rings (SSSR count). The summed E-state index contributed by atoms with van der Waals surface area (Å²) in [6.45, 7) is 0. The lowest BCUT2D eigenvalue weighted by atomic mass is 9.98. The highest BCUT2D eigenvalue weighted by molar-refractivity contribution is 5.30. The molecule has 0 aromatic heterocycles. The molecule has 6 heteroatoms. The van der Waals surface area contributed by atoms with E-state index >= 15 is 0 Å². The number of rotatable bonds is 4. The van der Waals surface area contributed by atoms with Gasteiger partial charge in [0.2, 0.25) is 0 Å². The molecule has 100 valence electrons. The summed E-state index contributed by atoms with van der Waals surface area (Å²) in [6.07, 6.45) is -2.06. The predicted octanol–water partition coefficient (Wildman–Crippen LogP) is 3.15. The van der Waals surface area contributed by atoms with E-state index < -0.39 is 23.6 Å². The van der Waals surface area contributed by atoms with Gasteiger partial charge < -0.3 is 0 Å². The third kappa shape index (κ3) is 2.81. The van der Waals surface area contributed by atoms with Crippen LogP contribution in [-0.2, 0) is 6.18 Å². The van der Waals surface area contributed by atoms with Gasteiger partial charge in [0.05, 0.1) is 5.56 Å². The molecule has 1 fully saturated rings. The topological polar surface area (TPSA) is 38.0 Å². The summed E-state index contributed by atoms with van der Waals surface area (Å²) < 4.78 is 51.6. The average molecular weight is 262 g/mol. The summed E-state index contributed by atoms with van der Waals surface area (Å²) in [7, 11) is 0. The molecule has 1 aliphatic rings. The third-order valence-electron chi connectivity index (χ3n) is 3.18. The Morgan fingerprint density at radius 2 is 2.00 bits per heavy atom. The highest BCUT2D eigenvalue weighted by Gasteiger charge is 2.36. The molecule has 1 aromatic carbocycles. The maximum atomic E-state index is 13.9. The van der Waals surface area contributed by atoms with Gasteiger partial charge in [-0.3, -0.25) is 11.3 Å². The van der Waals surface area contributed by atoms with Gasteiger partial charge in [0.1, 0.15) is 5.82 Å². The van der Waals surface area contributed by atoms with Crippen molar-refractivity contribution >= 4 is 0 Å². The van der Waals surface area contributed by atoms with Crippen molar-refractivity contribution in [3.63, 3.8) is 0 Å². The first kappa shape index (κ1) is 13.3. The van der Waals surface area contributed by atoms with Gasteiger partial charge in [0.25, 0.3) is 0 Å². The molecule has 3 N–H and O–H groups in total. The van der Waals surface area contributed by atoms with E-state index in [1.54, 1.807) is 0 Å². The molecule has 2 nitrogen and oxygen atoms in total. The van der Waals surface area contributed by atoms with E-state index in [0.29, 0.717) is 12.3 Å². The number of hydrazine groups is 1. The van der Waals surface area contributed by atoms with Gasteiger partial charge in [0.15, 0.2) is 0 Å². The fourth-order valence-electron chi connectivity index (χ4n) is 2.01. The lowest BCUT2D eigenvalue weighted by molar-refractivity contribution is -0.140. The summed E-state index contributed by atoms with van der Waals surface area (Å²) in [4.78, 5) is 0. The minimum atomic E-state index is -4.68. The number of benzene rings is 1. The predicted molar refractivity (Wildman–Crippen MR) is 58.8 cm³/mol. The Balaban J connectivity index is 2.31. The number of nitrogens with one attached hydrogen (secondary N) is 1. The Kier molecular flexibility index (Phi) is 3.59. The molecule has 1 saturated carbocycles. The normalized spacial score (nSPS) is 17.8. The first-order chi connectivity index (χ1) is 8.43. The summed E-state index contributed by atoms with van der Waals surface area (Å²) in [5.74, 6) is 4.51. The van der Waals surface area contributed by atoms with Crippen LogP contribution >= 0.6 is 0 Å². The number of halogens is 4. The van der Waals surface area contributed by atoms with Crippen LogP contribution in [0.2, 0.25) is 0 Å². The number of hydrogen-bond donors (Lipinski definition) is 2. The van der Waals surface area contributed by atoms with Crippen molar-refractivity contribution in [1.29, 1.82) is 0 Å². The van der Waals surface area contributed by atoms with Crippen LogP contribution in [0.5, 0.6) is 0 Å². The molecule has 0 radical (unpaired) electrons. The molecule has 0 heterocycles. The van der Waals surface area contributed by atoms with Gasteiger partial charge >= 0.3 is 6.18 Å². The number of hydrogen-bond acceptors (Lipinski definition) is 2. The maximum Gasteiger partial charge on any atom is 0.419 e. The average Bonchev–Trinajstić information content (AvgIpc) is 3.09. The molecule has 1 aromatic rings. The number of nitrogens with two attached hydrogens (primary N) is 1. The molecule has 1 aliphatic carbocycles. The fraction of sp³-hybridized carbons (Fsp3) is 0.500. The van der Waals surface area contributed by atoms with Gasteiger partial charge in [-0.05, 0) is 18.4 Å². The first-order valence-electron chi connectivity index (χ1n) is 5.75. The molecule has 18 heavy (non-hydrogen) atoms. The first-order valence-corrected chi connectivity index (χ1v) is 5.75. The molecule has 0 saturated heterocycles. The summed E-state index contributed by atoms with van der Waals surface area (Å²) in [5.41, 5.74) is 1.15. The zero-order valence-electron chi connectivity index (χ0n) is 9.60. The van der Waals surface area contributed by atoms with Crippen LogP contribution in [0.15, 0.2) is 18.2 Å². The summed E-state index contributed by atoms with van der Waals surface area (Å²) in [6, 6.07) is 2.72. The quantitative estimate of drug-likeness (QED) is 0.497. The molecule has 0 amide bonds. The minimum absolute atomic E-state index is 0.0146. The van der Waals surface area contributed by atoms with E-state index in [4.69, 9.17) is 5.84 Å². The van der Waals surface area contributed by atoms with Crippen molar-refractivity contribution in [1.82, 2.24) is 5.43 Å². The smallest absolute Gasteiger partial charge is 0.271 e. The highest BCUT2D eigenvalue weighted by Crippen LogP contribution is 2.39. The van der Waals surface area contributed by atoms with Gasteiger partial charge in [-0.25, -0.2) is 4.39 Å². The van der Waals surface area contributed by atoms with Crippen LogP contribution in [-0.4, -0.2) is 0 Å². The van der Waals surface area contributed by atoms with E-state index in [2.05, 4.69) is 5.43 Å². The zero-order chi connectivity index (χ0) is 13.3. The van der Waals surface area contributed by atoms with Crippen LogP contribution in [0.3, 0.4) is 0 Å². The van der Waals surface area contributed by atoms with Gasteiger partial charge in [-0.2, -0.15) is 13.2 Å². The Labute approximate surface area is 102 Å². The molecule has 1 unspecified atom stereocenters. The molecule has 0 aliphatic heterocycles. The van der Waals surface area contributed by atoms with Crippen LogP contribution in [0.4, 0.5) is 17.6 Å². The van der Waals surface area contributed by atoms with Crippen molar-refractivity contribution in [3.8, 4) is 0 Å². The van der Waals surface area contributed by atoms with E-state index in [-0.39, 0.29) is 5.56 Å². The molecular formula is C12H14F4N2. The minimum Gasteiger partial charge on any atom is -0.271 e. The van der Waals surface area contributed by atoms with Crippen LogP contribution in [0, 0.1) is 11.7 Å². The van der Waals surface area contributed by atoms with Crippen LogP contribution in [0.25, 0.3) is 0 Å². The summed E-state index contributed by atoms with van der Waals surface area (Å²) >= 11 is 0. The summed E-state index contributed by atoms with van der Waals surface area (Å²) in [5, 5.41) is 0. The monoisotopic (exact) mass is 262 g/mol. The Hall–Kier alpha value is -1.14. The van der Waals surface area contributed by atoms with Crippen LogP contribution in [0.1, 0.15) is 36.4 Å². The van der Waals surface area contributed by atoms with E-state index in [9.17, 15) is 17.6 Å². The van der Waals surface area contributed by atoms with Crippen LogP contribution < -0.4 is 11.3 Å². The Bertz CT molecular complexity index is 427. The Morgan fingerprint density at radius 3 is 2.50 bits per heavy atom. The van der Waals surface area contributed by atoms with E-state index in [1.807, 2.05) is 0 Å². The Morgan fingerprint density at radius 1 is 1.33 bits per heavy atom. The van der Waals surface area contributed by atoms with Crippen molar-refractivity contribution in [2.24, 2.45) is 11.8 Å². The van der Waals surface area contributed by atoms with Crippen molar-refractivity contribution < 1.29 is 17.6 Å². The standard InChI is InChI=1S/C12H14F4N2/c13-11-8(10(18-17)6-7-4-5-7)2-1-3-9(11)12(14,15)16/h1-3,7,10,18H,4-6,17H2. The second-order valence-electron chi connectivity index (χ2n) is 4.60. The van der Waals surface area contributed by atoms with Gasteiger partial charge in [-0.1, -0.05) is 25.0 Å². The molecule has 1 atom stereocenters. The molecule has 0 spiro atoms. The lowest BCUT2D eigenvalue weighted by Crippen LogP contribution is -2.29. The van der Waals surface area contributed by atoms with Crippen molar-refractivity contribution in [2.45, 2.75) is 31.5 Å². The van der Waals surface area contributed by atoms with Gasteiger partial charge in [-0.15, -0.1) is 0 Å². The largest absolute Gasteiger partial charge is 0.419 e. The fourth-order valence-corrected chi connectivity index (χ4v) is 2.01. The zero-order valence-corrected chi connectivity index (χ0v) is 9.60. The lowest BCUT2D eigenvalue weighted by Gasteiger charge is -2.19. The third-order valence-corrected chi connectivity index (χ3v) is 3.18. The van der Waals surface area contributed by atoms with Gasteiger partial charge in [0, 0.05) is 11.6 Å².